The largest absolute Gasteiger partial charge is 0.744 e. The van der Waals surface area contributed by atoms with Gasteiger partial charge in [0.15, 0.2) is 11.6 Å². The predicted octanol–water partition coefficient (Wildman–Crippen LogP) is 4.96. The minimum absolute atomic E-state index is 0.0760. The van der Waals surface area contributed by atoms with E-state index >= 15 is 0 Å². The van der Waals surface area contributed by atoms with Gasteiger partial charge in [-0.1, -0.05) is 0 Å². The second kappa shape index (κ2) is 10.7. The van der Waals surface area contributed by atoms with E-state index in [9.17, 15) is 40.1 Å². The number of hydrogen-bond donors (Lipinski definition) is 0. The smallest absolute Gasteiger partial charge is 0.345 e. The standard InChI is InChI=1S/C16H6F4I4O7S/c1-2-30-15(25)3-4(10(22)12(24)11(23)9(3)21)16(26)31-13-5(17)7(19)14(32(27,28)29)8(20)6(13)18/h2H2,1H3,(H,27,28,29)/p-1. The van der Waals surface area contributed by atoms with Crippen LogP contribution in [0, 0.1) is 37.5 Å². The van der Waals surface area contributed by atoms with Gasteiger partial charge in [0.25, 0.3) is 0 Å². The minimum Gasteiger partial charge on any atom is -0.744 e. The van der Waals surface area contributed by atoms with Crippen LogP contribution >= 0.6 is 90.4 Å². The molecule has 16 heteroatoms. The first-order valence-corrected chi connectivity index (χ1v) is 13.5. The number of hydrogen-bond acceptors (Lipinski definition) is 7. The van der Waals surface area contributed by atoms with Crippen molar-refractivity contribution in [2.24, 2.45) is 0 Å². The van der Waals surface area contributed by atoms with Crippen molar-refractivity contribution in [3.63, 3.8) is 0 Å². The van der Waals surface area contributed by atoms with E-state index in [1.54, 1.807) is 45.2 Å². The Kier molecular flexibility index (Phi) is 9.40. The maximum Gasteiger partial charge on any atom is 0.345 e. The Morgan fingerprint density at radius 2 is 1.22 bits per heavy atom. The number of rotatable bonds is 5. The molecule has 0 atom stereocenters. The highest BCUT2D eigenvalue weighted by Crippen LogP contribution is 2.36. The average Bonchev–Trinajstić information content (AvgIpc) is 2.69. The third-order valence-corrected chi connectivity index (χ3v) is 11.8. The van der Waals surface area contributed by atoms with Gasteiger partial charge >= 0.3 is 11.9 Å². The van der Waals surface area contributed by atoms with Crippen LogP contribution in [0.1, 0.15) is 27.6 Å². The first-order chi connectivity index (χ1) is 14.7. The van der Waals surface area contributed by atoms with Gasteiger partial charge in [0, 0.05) is 14.3 Å². The molecule has 32 heavy (non-hydrogen) atoms. The van der Waals surface area contributed by atoms with Crippen LogP contribution in [0.25, 0.3) is 0 Å². The summed E-state index contributed by atoms with van der Waals surface area (Å²) in [5.74, 6) is -14.4. The van der Waals surface area contributed by atoms with E-state index in [1.165, 1.54) is 6.92 Å². The maximum absolute atomic E-state index is 14.3. The van der Waals surface area contributed by atoms with Crippen molar-refractivity contribution in [3.05, 3.63) is 48.7 Å². The van der Waals surface area contributed by atoms with E-state index in [1.807, 2.05) is 45.2 Å². The fourth-order valence-corrected chi connectivity index (χ4v) is 6.51. The molecule has 0 aromatic heterocycles. The Balaban J connectivity index is 2.76. The Morgan fingerprint density at radius 3 is 1.59 bits per heavy atom. The van der Waals surface area contributed by atoms with Crippen LogP contribution in [0.3, 0.4) is 0 Å². The van der Waals surface area contributed by atoms with Gasteiger partial charge in [-0.2, -0.15) is 8.78 Å². The summed E-state index contributed by atoms with van der Waals surface area (Å²) in [6.07, 6.45) is 0. The first-order valence-electron chi connectivity index (χ1n) is 7.73. The van der Waals surface area contributed by atoms with Crippen molar-refractivity contribution in [1.29, 1.82) is 0 Å². The molecule has 2 aromatic carbocycles. The van der Waals surface area contributed by atoms with Crippen molar-refractivity contribution in [3.8, 4) is 5.75 Å². The zero-order chi connectivity index (χ0) is 24.7. The zero-order valence-corrected chi connectivity index (χ0v) is 24.4. The summed E-state index contributed by atoms with van der Waals surface area (Å²) in [5.41, 5.74) is -0.814. The van der Waals surface area contributed by atoms with Crippen molar-refractivity contribution >= 4 is 112 Å². The number of carbonyl (C=O) groups excluding carboxylic acids is 2. The van der Waals surface area contributed by atoms with Gasteiger partial charge in [-0.25, -0.2) is 26.8 Å². The van der Waals surface area contributed by atoms with Crippen LogP contribution < -0.4 is 4.74 Å². The number of esters is 2. The van der Waals surface area contributed by atoms with Crippen LogP contribution in [-0.2, 0) is 14.9 Å². The number of halogens is 8. The molecule has 0 aliphatic heterocycles. The number of benzene rings is 2. The number of ether oxygens (including phenoxy) is 2. The molecule has 0 amide bonds. The summed E-state index contributed by atoms with van der Waals surface area (Å²) >= 11 is 7.12. The molecule has 0 fully saturated rings. The van der Waals surface area contributed by atoms with E-state index in [-0.39, 0.29) is 19.3 Å². The van der Waals surface area contributed by atoms with Gasteiger partial charge in [-0.15, -0.1) is 0 Å². The van der Waals surface area contributed by atoms with Crippen molar-refractivity contribution < 1.29 is 49.6 Å². The fraction of sp³-hybridized carbons (Fsp3) is 0.125. The van der Waals surface area contributed by atoms with Gasteiger partial charge < -0.3 is 14.0 Å². The first kappa shape index (κ1) is 28.2. The molecule has 0 aliphatic carbocycles. The van der Waals surface area contributed by atoms with Crippen molar-refractivity contribution in [2.75, 3.05) is 6.61 Å². The van der Waals surface area contributed by atoms with Gasteiger partial charge in [0.2, 0.25) is 17.4 Å². The van der Waals surface area contributed by atoms with Crippen LogP contribution in [0.4, 0.5) is 17.6 Å². The molecule has 0 saturated heterocycles. The summed E-state index contributed by atoms with van der Waals surface area (Å²) < 4.78 is 100. The van der Waals surface area contributed by atoms with Gasteiger partial charge in [-0.3, -0.25) is 0 Å². The van der Waals surface area contributed by atoms with Crippen LogP contribution in [-0.4, -0.2) is 31.5 Å². The second-order valence-electron chi connectivity index (χ2n) is 5.48. The molecule has 2 aromatic rings. The third kappa shape index (κ3) is 5.27. The number of carbonyl (C=O) groups is 2. The summed E-state index contributed by atoms with van der Waals surface area (Å²) in [4.78, 5) is 22.8. The minimum atomic E-state index is -5.94. The molecule has 174 valence electrons. The Labute approximate surface area is 232 Å². The molecule has 2 rings (SSSR count). The Morgan fingerprint density at radius 1 is 0.812 bits per heavy atom. The summed E-state index contributed by atoms with van der Waals surface area (Å²) in [6, 6.07) is 0. The SMILES string of the molecule is CCOC(=O)c1c(I)c(I)c(I)c(I)c1C(=O)Oc1c(F)c(F)c(S(=O)(=O)[O-])c(F)c1F. The highest BCUT2D eigenvalue weighted by molar-refractivity contribution is 14.1. The molecule has 0 heterocycles. The van der Waals surface area contributed by atoms with E-state index in [0.29, 0.717) is 7.14 Å². The molecule has 0 radical (unpaired) electrons. The van der Waals surface area contributed by atoms with Crippen LogP contribution in [0.15, 0.2) is 4.90 Å². The summed E-state index contributed by atoms with van der Waals surface area (Å²) in [6.45, 7) is 1.42. The monoisotopic (exact) mass is 925 g/mol. The van der Waals surface area contributed by atoms with E-state index in [0.717, 1.165) is 0 Å². The zero-order valence-electron chi connectivity index (χ0n) is 15.0. The molecule has 0 bridgehead atoms. The van der Waals surface area contributed by atoms with Gasteiger partial charge in [-0.05, 0) is 97.3 Å². The molecule has 0 saturated carbocycles. The van der Waals surface area contributed by atoms with E-state index in [2.05, 4.69) is 4.74 Å². The highest BCUT2D eigenvalue weighted by atomic mass is 127. The van der Waals surface area contributed by atoms with Crippen LogP contribution in [0.5, 0.6) is 5.75 Å². The molecule has 0 N–H and O–H groups in total. The molecular formula is C16H5F4I4O7S-. The lowest BCUT2D eigenvalue weighted by atomic mass is 10.1. The molecule has 0 aliphatic rings. The topological polar surface area (TPSA) is 110 Å². The summed E-state index contributed by atoms with van der Waals surface area (Å²) in [7, 11) is -5.94. The molecule has 0 unspecified atom stereocenters. The lowest BCUT2D eigenvalue weighted by Gasteiger charge is -2.17. The fourth-order valence-electron chi connectivity index (χ4n) is 2.26. The highest BCUT2D eigenvalue weighted by Gasteiger charge is 2.34. The van der Waals surface area contributed by atoms with Crippen molar-refractivity contribution in [2.45, 2.75) is 11.8 Å². The van der Waals surface area contributed by atoms with Gasteiger partial charge in [0.05, 0.1) is 17.7 Å². The second-order valence-corrected chi connectivity index (χ2v) is 11.1. The van der Waals surface area contributed by atoms with E-state index in [4.69, 9.17) is 4.74 Å². The van der Waals surface area contributed by atoms with Crippen molar-refractivity contribution in [1.82, 2.24) is 0 Å². The average molecular weight is 925 g/mol. The molecule has 0 spiro atoms. The molecule has 7 nitrogen and oxygen atoms in total. The third-order valence-electron chi connectivity index (χ3n) is 3.58. The maximum atomic E-state index is 14.3. The quantitative estimate of drug-likeness (QED) is 0.0794. The van der Waals surface area contributed by atoms with Gasteiger partial charge in [0.1, 0.15) is 15.0 Å². The lowest BCUT2D eigenvalue weighted by molar-refractivity contribution is 0.0514. The predicted molar refractivity (Wildman–Crippen MR) is 132 cm³/mol. The van der Waals surface area contributed by atoms with E-state index < -0.39 is 61.5 Å². The Bertz CT molecular complexity index is 1240. The lowest BCUT2D eigenvalue weighted by Crippen LogP contribution is -2.22. The Hall–Kier alpha value is -0.0700. The summed E-state index contributed by atoms with van der Waals surface area (Å²) in [5, 5.41) is 0. The van der Waals surface area contributed by atoms with Crippen LogP contribution in [0.2, 0.25) is 0 Å². The molecular weight excluding hydrogens is 920 g/mol. The normalized spacial score (nSPS) is 11.4.